The molecule has 1 aromatic rings. The van der Waals surface area contributed by atoms with Crippen molar-refractivity contribution in [2.24, 2.45) is 0 Å². The Morgan fingerprint density at radius 2 is 2.16 bits per heavy atom. The molecule has 0 bridgehead atoms. The third kappa shape index (κ3) is 5.23. The van der Waals surface area contributed by atoms with E-state index in [1.54, 1.807) is 6.20 Å². The van der Waals surface area contributed by atoms with Crippen molar-refractivity contribution in [2.75, 3.05) is 11.1 Å². The molecular weight excluding hydrogens is 256 g/mol. The first-order valence-corrected chi connectivity index (χ1v) is 8.13. The summed E-state index contributed by atoms with van der Waals surface area (Å²) in [6.45, 7) is 1.99. The molecule has 3 nitrogen and oxygen atoms in total. The lowest BCUT2D eigenvalue weighted by Crippen LogP contribution is -2.15. The van der Waals surface area contributed by atoms with E-state index in [0.29, 0.717) is 12.2 Å². The van der Waals surface area contributed by atoms with Gasteiger partial charge in [-0.15, -0.1) is 0 Å². The SMILES string of the molecule is Cc1ccc(NC(=O)CCSC2CCCCC2)nc1. The van der Waals surface area contributed by atoms with Crippen LogP contribution >= 0.6 is 11.8 Å². The molecule has 0 radical (unpaired) electrons. The molecular formula is C15H22N2OS. The third-order valence-corrected chi connectivity index (χ3v) is 4.80. The van der Waals surface area contributed by atoms with Gasteiger partial charge in [-0.25, -0.2) is 4.98 Å². The minimum atomic E-state index is 0.0691. The Morgan fingerprint density at radius 1 is 1.37 bits per heavy atom. The number of nitrogens with one attached hydrogen (secondary N) is 1. The fraction of sp³-hybridized carbons (Fsp3) is 0.600. The molecule has 1 aliphatic rings. The second kappa shape index (κ2) is 7.53. The number of aryl methyl sites for hydroxylation is 1. The first kappa shape index (κ1) is 14.4. The Bertz CT molecular complexity index is 399. The molecule has 0 spiro atoms. The molecule has 1 fully saturated rings. The van der Waals surface area contributed by atoms with Crippen molar-refractivity contribution in [1.82, 2.24) is 4.98 Å². The van der Waals surface area contributed by atoms with Crippen molar-refractivity contribution in [3.05, 3.63) is 23.9 Å². The molecule has 0 unspecified atom stereocenters. The standard InChI is InChI=1S/C15H22N2OS/c1-12-7-8-14(16-11-12)17-15(18)9-10-19-13-5-3-2-4-6-13/h7-8,11,13H,2-6,9-10H2,1H3,(H,16,17,18). The molecule has 4 heteroatoms. The second-order valence-corrected chi connectivity index (χ2v) is 6.56. The van der Waals surface area contributed by atoms with Crippen LogP contribution in [-0.2, 0) is 4.79 Å². The van der Waals surface area contributed by atoms with E-state index in [9.17, 15) is 4.79 Å². The van der Waals surface area contributed by atoms with E-state index in [1.807, 2.05) is 30.8 Å². The largest absolute Gasteiger partial charge is 0.311 e. The minimum Gasteiger partial charge on any atom is -0.311 e. The minimum absolute atomic E-state index is 0.0691. The summed E-state index contributed by atoms with van der Waals surface area (Å²) in [6.07, 6.45) is 9.10. The molecule has 0 saturated heterocycles. The molecule has 1 aliphatic carbocycles. The number of pyridine rings is 1. The Morgan fingerprint density at radius 3 is 2.84 bits per heavy atom. The lowest BCUT2D eigenvalue weighted by Gasteiger charge is -2.20. The van der Waals surface area contributed by atoms with Crippen LogP contribution in [0.1, 0.15) is 44.1 Å². The van der Waals surface area contributed by atoms with Gasteiger partial charge in [0.25, 0.3) is 0 Å². The van der Waals surface area contributed by atoms with Crippen LogP contribution in [0.3, 0.4) is 0 Å². The zero-order chi connectivity index (χ0) is 13.5. The fourth-order valence-corrected chi connectivity index (χ4v) is 3.60. The van der Waals surface area contributed by atoms with E-state index in [4.69, 9.17) is 0 Å². The highest BCUT2D eigenvalue weighted by atomic mass is 32.2. The van der Waals surface area contributed by atoms with Gasteiger partial charge >= 0.3 is 0 Å². The van der Waals surface area contributed by atoms with E-state index in [-0.39, 0.29) is 5.91 Å². The highest BCUT2D eigenvalue weighted by molar-refractivity contribution is 7.99. The Labute approximate surface area is 119 Å². The summed E-state index contributed by atoms with van der Waals surface area (Å²) in [7, 11) is 0. The van der Waals surface area contributed by atoms with E-state index >= 15 is 0 Å². The number of carbonyl (C=O) groups excluding carboxylic acids is 1. The van der Waals surface area contributed by atoms with E-state index in [1.165, 1.54) is 32.1 Å². The van der Waals surface area contributed by atoms with Crippen molar-refractivity contribution in [1.29, 1.82) is 0 Å². The van der Waals surface area contributed by atoms with Crippen LogP contribution in [0.5, 0.6) is 0 Å². The molecule has 2 rings (SSSR count). The number of thioether (sulfide) groups is 1. The summed E-state index contributed by atoms with van der Waals surface area (Å²) in [4.78, 5) is 16.0. The number of nitrogens with zero attached hydrogens (tertiary/aromatic N) is 1. The molecule has 1 saturated carbocycles. The van der Waals surface area contributed by atoms with Gasteiger partial charge in [0.1, 0.15) is 5.82 Å². The number of aromatic nitrogens is 1. The van der Waals surface area contributed by atoms with Gasteiger partial charge in [0.05, 0.1) is 0 Å². The highest BCUT2D eigenvalue weighted by Gasteiger charge is 2.14. The normalized spacial score (nSPS) is 16.3. The molecule has 19 heavy (non-hydrogen) atoms. The number of anilines is 1. The van der Waals surface area contributed by atoms with Crippen molar-refractivity contribution in [3.8, 4) is 0 Å². The van der Waals surface area contributed by atoms with Gasteiger partial charge < -0.3 is 5.32 Å². The lowest BCUT2D eigenvalue weighted by molar-refractivity contribution is -0.115. The number of amides is 1. The van der Waals surface area contributed by atoms with Crippen molar-refractivity contribution >= 4 is 23.5 Å². The lowest BCUT2D eigenvalue weighted by atomic mass is 10.0. The quantitative estimate of drug-likeness (QED) is 0.891. The van der Waals surface area contributed by atoms with Gasteiger partial charge in [0, 0.05) is 23.6 Å². The maximum atomic E-state index is 11.8. The zero-order valence-corrected chi connectivity index (χ0v) is 12.3. The maximum Gasteiger partial charge on any atom is 0.226 e. The number of hydrogen-bond donors (Lipinski definition) is 1. The average molecular weight is 278 g/mol. The van der Waals surface area contributed by atoms with E-state index in [0.717, 1.165) is 16.6 Å². The molecule has 1 heterocycles. The average Bonchev–Trinajstić information content (AvgIpc) is 2.43. The maximum absolute atomic E-state index is 11.8. The van der Waals surface area contributed by atoms with Crippen LogP contribution < -0.4 is 5.32 Å². The van der Waals surface area contributed by atoms with Gasteiger partial charge in [-0.05, 0) is 31.4 Å². The summed E-state index contributed by atoms with van der Waals surface area (Å²) >= 11 is 1.96. The monoisotopic (exact) mass is 278 g/mol. The van der Waals surface area contributed by atoms with Crippen LogP contribution in [0.4, 0.5) is 5.82 Å². The molecule has 1 aromatic heterocycles. The summed E-state index contributed by atoms with van der Waals surface area (Å²) in [6, 6.07) is 3.81. The predicted molar refractivity (Wildman–Crippen MR) is 81.6 cm³/mol. The summed E-state index contributed by atoms with van der Waals surface area (Å²) in [5.74, 6) is 1.64. The summed E-state index contributed by atoms with van der Waals surface area (Å²) < 4.78 is 0. The summed E-state index contributed by atoms with van der Waals surface area (Å²) in [5.41, 5.74) is 1.10. The van der Waals surface area contributed by atoms with E-state index < -0.39 is 0 Å². The molecule has 104 valence electrons. The van der Waals surface area contributed by atoms with E-state index in [2.05, 4.69) is 10.3 Å². The fourth-order valence-electron chi connectivity index (χ4n) is 2.30. The smallest absolute Gasteiger partial charge is 0.226 e. The Balaban J connectivity index is 1.65. The highest BCUT2D eigenvalue weighted by Crippen LogP contribution is 2.28. The van der Waals surface area contributed by atoms with Crippen LogP contribution in [0.15, 0.2) is 18.3 Å². The molecule has 1 N–H and O–H groups in total. The first-order chi connectivity index (χ1) is 9.24. The van der Waals surface area contributed by atoms with Gasteiger partial charge in [-0.1, -0.05) is 25.3 Å². The second-order valence-electron chi connectivity index (χ2n) is 5.15. The number of carbonyl (C=O) groups is 1. The first-order valence-electron chi connectivity index (χ1n) is 7.08. The van der Waals surface area contributed by atoms with Crippen LogP contribution in [0.25, 0.3) is 0 Å². The van der Waals surface area contributed by atoms with Crippen molar-refractivity contribution < 1.29 is 4.79 Å². The number of hydrogen-bond acceptors (Lipinski definition) is 3. The van der Waals surface area contributed by atoms with Crippen molar-refractivity contribution in [2.45, 2.75) is 50.7 Å². The van der Waals surface area contributed by atoms with Crippen molar-refractivity contribution in [3.63, 3.8) is 0 Å². The molecule has 1 amide bonds. The van der Waals surface area contributed by atoms with Crippen LogP contribution in [0.2, 0.25) is 0 Å². The Hall–Kier alpha value is -1.03. The molecule has 0 atom stereocenters. The molecule has 0 aromatic carbocycles. The van der Waals surface area contributed by atoms with Gasteiger partial charge in [0.15, 0.2) is 0 Å². The van der Waals surface area contributed by atoms with Gasteiger partial charge in [-0.3, -0.25) is 4.79 Å². The predicted octanol–water partition coefficient (Wildman–Crippen LogP) is 3.78. The molecule has 0 aliphatic heterocycles. The Kier molecular flexibility index (Phi) is 5.70. The topological polar surface area (TPSA) is 42.0 Å². The third-order valence-electron chi connectivity index (χ3n) is 3.41. The van der Waals surface area contributed by atoms with Crippen LogP contribution in [0, 0.1) is 6.92 Å². The van der Waals surface area contributed by atoms with Gasteiger partial charge in [0.2, 0.25) is 5.91 Å². The number of rotatable bonds is 5. The van der Waals surface area contributed by atoms with Crippen LogP contribution in [-0.4, -0.2) is 21.9 Å². The van der Waals surface area contributed by atoms with Gasteiger partial charge in [-0.2, -0.15) is 11.8 Å². The summed E-state index contributed by atoms with van der Waals surface area (Å²) in [5, 5.41) is 3.62. The zero-order valence-electron chi connectivity index (χ0n) is 11.5.